The zero-order valence-electron chi connectivity index (χ0n) is 11.2. The lowest BCUT2D eigenvalue weighted by molar-refractivity contribution is 0.353. The smallest absolute Gasteiger partial charge is 0.241 e. The van der Waals surface area contributed by atoms with Crippen LogP contribution in [0.2, 0.25) is 10.0 Å². The van der Waals surface area contributed by atoms with E-state index in [0.29, 0.717) is 17.9 Å². The van der Waals surface area contributed by atoms with Gasteiger partial charge in [0.1, 0.15) is 0 Å². The van der Waals surface area contributed by atoms with E-state index in [2.05, 4.69) is 4.72 Å². The molecule has 8 heteroatoms. The van der Waals surface area contributed by atoms with Gasteiger partial charge < -0.3 is 5.73 Å². The Kier molecular flexibility index (Phi) is 5.15. The van der Waals surface area contributed by atoms with E-state index in [1.807, 2.05) is 0 Å². The third kappa shape index (κ3) is 3.68. The van der Waals surface area contributed by atoms with Gasteiger partial charge in [-0.05, 0) is 31.0 Å². The van der Waals surface area contributed by atoms with E-state index in [1.165, 1.54) is 18.2 Å². The van der Waals surface area contributed by atoms with Gasteiger partial charge in [0.25, 0.3) is 0 Å². The van der Waals surface area contributed by atoms with Crippen molar-refractivity contribution in [3.8, 4) is 0 Å². The average molecular weight is 367 g/mol. The van der Waals surface area contributed by atoms with Crippen LogP contribution in [0.15, 0.2) is 23.1 Å². The molecule has 0 bridgehead atoms. The molecule has 1 aliphatic rings. The van der Waals surface area contributed by atoms with Crippen LogP contribution in [0, 0.1) is 0 Å². The van der Waals surface area contributed by atoms with Gasteiger partial charge in [0.05, 0.1) is 25.5 Å². The molecule has 0 atom stereocenters. The van der Waals surface area contributed by atoms with Crippen LogP contribution in [0.3, 0.4) is 0 Å². The van der Waals surface area contributed by atoms with Crippen molar-refractivity contribution >= 4 is 50.4 Å². The Labute approximate surface area is 140 Å². The molecule has 0 aliphatic heterocycles. The van der Waals surface area contributed by atoms with Gasteiger partial charge in [0.15, 0.2) is 0 Å². The van der Waals surface area contributed by atoms with E-state index in [4.69, 9.17) is 41.2 Å². The van der Waals surface area contributed by atoms with Gasteiger partial charge >= 0.3 is 0 Å². The van der Waals surface area contributed by atoms with Crippen molar-refractivity contribution in [3.05, 3.63) is 28.2 Å². The topological polar surface area (TPSA) is 72.2 Å². The molecule has 0 aromatic heterocycles. The summed E-state index contributed by atoms with van der Waals surface area (Å²) in [6, 6.07) is 4.18. The van der Waals surface area contributed by atoms with Crippen molar-refractivity contribution in [1.29, 1.82) is 0 Å². The number of halogens is 2. The summed E-state index contributed by atoms with van der Waals surface area (Å²) < 4.78 is 27.8. The quantitative estimate of drug-likeness (QED) is 0.802. The molecule has 1 aromatic rings. The molecular formula is C13H16Cl2N2O2S2. The molecule has 1 aromatic carbocycles. The first kappa shape index (κ1) is 17.0. The summed E-state index contributed by atoms with van der Waals surface area (Å²) in [5.74, 6) is 0. The minimum absolute atomic E-state index is 0.0538. The largest absolute Gasteiger partial charge is 0.392 e. The first-order valence-electron chi connectivity index (χ1n) is 6.56. The van der Waals surface area contributed by atoms with Crippen molar-refractivity contribution in [2.75, 3.05) is 0 Å². The minimum atomic E-state index is -3.76. The molecule has 1 saturated carbocycles. The Morgan fingerprint density at radius 1 is 1.19 bits per heavy atom. The van der Waals surface area contributed by atoms with Gasteiger partial charge in [-0.1, -0.05) is 54.7 Å². The van der Waals surface area contributed by atoms with Crippen molar-refractivity contribution in [2.24, 2.45) is 5.73 Å². The second kappa shape index (κ2) is 6.38. The molecule has 0 heterocycles. The van der Waals surface area contributed by atoms with E-state index in [0.717, 1.165) is 19.3 Å². The number of hydrogen-bond donors (Lipinski definition) is 2. The molecule has 0 amide bonds. The number of rotatable bonds is 4. The van der Waals surface area contributed by atoms with Gasteiger partial charge in [-0.3, -0.25) is 0 Å². The lowest BCUT2D eigenvalue weighted by atomic mass is 9.82. The molecule has 0 radical (unpaired) electrons. The number of nitrogens with two attached hydrogens (primary N) is 1. The van der Waals surface area contributed by atoms with Crippen molar-refractivity contribution < 1.29 is 8.42 Å². The van der Waals surface area contributed by atoms with Crippen LogP contribution in [-0.2, 0) is 10.0 Å². The Bertz CT molecular complexity index is 656. The van der Waals surface area contributed by atoms with Gasteiger partial charge in [-0.25, -0.2) is 8.42 Å². The fourth-order valence-corrected chi connectivity index (χ4v) is 4.66. The molecule has 4 nitrogen and oxygen atoms in total. The van der Waals surface area contributed by atoms with Crippen LogP contribution < -0.4 is 10.5 Å². The van der Waals surface area contributed by atoms with E-state index >= 15 is 0 Å². The highest BCUT2D eigenvalue weighted by Gasteiger charge is 2.39. The first-order chi connectivity index (χ1) is 9.77. The summed E-state index contributed by atoms with van der Waals surface area (Å²) in [6.07, 6.45) is 4.06. The highest BCUT2D eigenvalue weighted by molar-refractivity contribution is 7.89. The predicted molar refractivity (Wildman–Crippen MR) is 89.4 cm³/mol. The Morgan fingerprint density at radius 3 is 2.33 bits per heavy atom. The van der Waals surface area contributed by atoms with E-state index in [-0.39, 0.29) is 14.9 Å². The summed E-state index contributed by atoms with van der Waals surface area (Å²) in [4.78, 5) is 0.240. The second-order valence-corrected chi connectivity index (χ2v) is 8.13. The summed E-state index contributed by atoms with van der Waals surface area (Å²) in [7, 11) is -3.76. The van der Waals surface area contributed by atoms with Crippen LogP contribution in [0.4, 0.5) is 0 Å². The van der Waals surface area contributed by atoms with Crippen molar-refractivity contribution in [2.45, 2.75) is 42.5 Å². The third-order valence-corrected chi connectivity index (χ3v) is 6.37. The van der Waals surface area contributed by atoms with E-state index < -0.39 is 15.6 Å². The average Bonchev–Trinajstić information content (AvgIpc) is 2.42. The van der Waals surface area contributed by atoms with Crippen LogP contribution in [0.5, 0.6) is 0 Å². The maximum Gasteiger partial charge on any atom is 0.241 e. The number of benzene rings is 1. The van der Waals surface area contributed by atoms with Gasteiger partial charge in [-0.2, -0.15) is 4.72 Å². The predicted octanol–water partition coefficient (Wildman–Crippen LogP) is 3.26. The molecule has 0 saturated heterocycles. The van der Waals surface area contributed by atoms with Crippen LogP contribution in [0.25, 0.3) is 0 Å². The Morgan fingerprint density at radius 2 is 1.81 bits per heavy atom. The monoisotopic (exact) mass is 366 g/mol. The lowest BCUT2D eigenvalue weighted by Gasteiger charge is -2.36. The van der Waals surface area contributed by atoms with Gasteiger partial charge in [0, 0.05) is 0 Å². The maximum atomic E-state index is 12.5. The van der Waals surface area contributed by atoms with Crippen molar-refractivity contribution in [1.82, 2.24) is 4.72 Å². The molecule has 21 heavy (non-hydrogen) atoms. The normalized spacial score (nSPS) is 18.4. The van der Waals surface area contributed by atoms with E-state index in [1.54, 1.807) is 0 Å². The highest BCUT2D eigenvalue weighted by atomic mass is 35.5. The van der Waals surface area contributed by atoms with E-state index in [9.17, 15) is 8.42 Å². The molecule has 3 N–H and O–H groups in total. The molecule has 1 fully saturated rings. The van der Waals surface area contributed by atoms with Crippen LogP contribution in [0.1, 0.15) is 32.1 Å². The van der Waals surface area contributed by atoms with Crippen molar-refractivity contribution in [3.63, 3.8) is 0 Å². The SMILES string of the molecule is NC(=S)C1(NS(=O)(=O)c2ccc(Cl)c(Cl)c2)CCCCC1. The standard InChI is InChI=1S/C13H16Cl2N2O2S2/c14-10-5-4-9(8-11(10)15)21(18,19)17-13(12(16)20)6-2-1-3-7-13/h4-5,8,17H,1-3,6-7H2,(H2,16,20). The molecule has 116 valence electrons. The number of thiocarbonyl (C=S) groups is 1. The minimum Gasteiger partial charge on any atom is -0.392 e. The maximum absolute atomic E-state index is 12.5. The molecule has 1 aliphatic carbocycles. The Balaban J connectivity index is 2.34. The second-order valence-electron chi connectivity index (χ2n) is 5.19. The zero-order chi connectivity index (χ0) is 15.7. The highest BCUT2D eigenvalue weighted by Crippen LogP contribution is 2.31. The first-order valence-corrected chi connectivity index (χ1v) is 9.20. The molecule has 2 rings (SSSR count). The summed E-state index contributed by atoms with van der Waals surface area (Å²) in [5.41, 5.74) is 4.95. The third-order valence-electron chi connectivity index (χ3n) is 3.71. The molecule has 0 unspecified atom stereocenters. The fraction of sp³-hybridized carbons (Fsp3) is 0.462. The number of hydrogen-bond acceptors (Lipinski definition) is 3. The summed E-state index contributed by atoms with van der Waals surface area (Å²) in [6.45, 7) is 0. The van der Waals surface area contributed by atoms with Gasteiger partial charge in [0.2, 0.25) is 10.0 Å². The summed E-state index contributed by atoms with van der Waals surface area (Å²) >= 11 is 16.8. The molecular weight excluding hydrogens is 351 g/mol. The van der Waals surface area contributed by atoms with Crippen LogP contribution in [-0.4, -0.2) is 18.9 Å². The Hall–Kier alpha value is -0.400. The summed E-state index contributed by atoms with van der Waals surface area (Å²) in [5, 5.41) is 0.491. The number of nitrogens with one attached hydrogen (secondary N) is 1. The van der Waals surface area contributed by atoms with Gasteiger partial charge in [-0.15, -0.1) is 0 Å². The lowest BCUT2D eigenvalue weighted by Crippen LogP contribution is -2.57. The fourth-order valence-electron chi connectivity index (χ4n) is 2.51. The molecule has 0 spiro atoms. The number of sulfonamides is 1. The van der Waals surface area contributed by atoms with Crippen LogP contribution >= 0.6 is 35.4 Å². The zero-order valence-corrected chi connectivity index (χ0v) is 14.4.